The first kappa shape index (κ1) is 26.0. The average Bonchev–Trinajstić information content (AvgIpc) is 3.42. The number of aromatic nitrogens is 5. The first-order valence-electron chi connectivity index (χ1n) is 11.1. The Morgan fingerprint density at radius 2 is 1.95 bits per heavy atom. The number of tetrazole rings is 1. The van der Waals surface area contributed by atoms with Crippen LogP contribution in [0.1, 0.15) is 21.5 Å². The molecule has 38 heavy (non-hydrogen) atoms. The highest BCUT2D eigenvalue weighted by Gasteiger charge is 2.22. The highest BCUT2D eigenvalue weighted by molar-refractivity contribution is 6.30. The number of halogens is 1. The minimum Gasteiger partial charge on any atom is -0.619 e. The van der Waals surface area contributed by atoms with E-state index in [1.807, 2.05) is 0 Å². The lowest BCUT2D eigenvalue weighted by atomic mass is 10.1. The van der Waals surface area contributed by atoms with Gasteiger partial charge in [-0.3, -0.25) is 9.59 Å². The van der Waals surface area contributed by atoms with Gasteiger partial charge < -0.3 is 20.9 Å². The highest BCUT2D eigenvalue weighted by atomic mass is 35.5. The second-order valence-electron chi connectivity index (χ2n) is 8.00. The number of carbonyl (C=O) groups is 3. The molecule has 13 heteroatoms. The first-order chi connectivity index (χ1) is 18.3. The topological polar surface area (TPSA) is 166 Å². The van der Waals surface area contributed by atoms with E-state index in [1.165, 1.54) is 65.9 Å². The molecule has 2 amide bonds. The number of carboxylic acid groups (broad SMARTS) is 1. The van der Waals surface area contributed by atoms with Crippen molar-refractivity contribution in [1.82, 2.24) is 25.5 Å². The number of carboxylic acids is 1. The van der Waals surface area contributed by atoms with Gasteiger partial charge in [0.25, 0.3) is 0 Å². The van der Waals surface area contributed by atoms with Crippen LogP contribution in [-0.2, 0) is 16.0 Å². The number of nitrogens with one attached hydrogen (secondary N) is 2. The lowest BCUT2D eigenvalue weighted by molar-refractivity contribution is -0.605. The summed E-state index contributed by atoms with van der Waals surface area (Å²) in [6.45, 7) is 0. The summed E-state index contributed by atoms with van der Waals surface area (Å²) >= 11 is 6.12. The van der Waals surface area contributed by atoms with E-state index in [0.717, 1.165) is 0 Å². The van der Waals surface area contributed by atoms with Crippen LogP contribution in [0.25, 0.3) is 11.8 Å². The number of pyridine rings is 1. The Morgan fingerprint density at radius 3 is 2.63 bits per heavy atom. The fourth-order valence-electron chi connectivity index (χ4n) is 3.52. The van der Waals surface area contributed by atoms with E-state index in [9.17, 15) is 19.6 Å². The number of nitrogens with zero attached hydrogens (tertiary/aromatic N) is 5. The van der Waals surface area contributed by atoms with Crippen LogP contribution in [0.4, 0.5) is 5.69 Å². The summed E-state index contributed by atoms with van der Waals surface area (Å²) in [7, 11) is 0. The van der Waals surface area contributed by atoms with Gasteiger partial charge in [-0.15, -0.1) is 5.10 Å². The molecule has 4 aromatic rings. The summed E-state index contributed by atoms with van der Waals surface area (Å²) in [5.74, 6) is -2.24. The quantitative estimate of drug-likeness (QED) is 0.167. The number of hydrogen-bond donors (Lipinski definition) is 3. The van der Waals surface area contributed by atoms with E-state index >= 15 is 0 Å². The summed E-state index contributed by atoms with van der Waals surface area (Å²) < 4.78 is 2.00. The second-order valence-corrected chi connectivity index (χ2v) is 8.44. The molecule has 0 spiro atoms. The maximum absolute atomic E-state index is 13.1. The van der Waals surface area contributed by atoms with Gasteiger partial charge >= 0.3 is 5.97 Å². The van der Waals surface area contributed by atoms with Crippen molar-refractivity contribution in [1.29, 1.82) is 0 Å². The van der Waals surface area contributed by atoms with Crippen molar-refractivity contribution in [2.24, 2.45) is 0 Å². The molecular formula is C25H20ClN7O5. The number of rotatable bonds is 9. The molecule has 0 aliphatic rings. The number of carbonyl (C=O) groups excluding carboxylic acids is 2. The molecule has 0 unspecified atom stereocenters. The van der Waals surface area contributed by atoms with Crippen LogP contribution in [0, 0.1) is 5.21 Å². The van der Waals surface area contributed by atoms with Crippen molar-refractivity contribution in [3.05, 3.63) is 106 Å². The van der Waals surface area contributed by atoms with Crippen molar-refractivity contribution in [3.8, 4) is 5.69 Å². The van der Waals surface area contributed by atoms with Crippen LogP contribution in [0.2, 0.25) is 5.02 Å². The van der Waals surface area contributed by atoms with E-state index in [2.05, 4.69) is 26.2 Å². The standard InChI is InChI=1S/C25H20ClN7O5/c26-19-6-9-22(33-15-27-30-31-33)18(13-19)5-10-23(34)29-21(12-16-2-1-11-32(38)14-16)24(35)28-20-7-3-17(4-8-20)25(36)37/h1-11,13-15,21H,12H2,(H,28,35)(H,29,34)(H,36,37)/b10-5+/t21-/m0/s1. The Labute approximate surface area is 220 Å². The summed E-state index contributed by atoms with van der Waals surface area (Å²) in [5, 5.41) is 37.6. The number of anilines is 1. The molecule has 2 aromatic carbocycles. The number of aromatic carboxylic acids is 1. The highest BCUT2D eigenvalue weighted by Crippen LogP contribution is 2.20. The molecule has 3 N–H and O–H groups in total. The molecule has 0 saturated carbocycles. The predicted molar refractivity (Wildman–Crippen MR) is 136 cm³/mol. The van der Waals surface area contributed by atoms with Crippen LogP contribution in [0.3, 0.4) is 0 Å². The summed E-state index contributed by atoms with van der Waals surface area (Å²) in [6.07, 6.45) is 6.76. The third-order valence-corrected chi connectivity index (χ3v) is 5.54. The van der Waals surface area contributed by atoms with E-state index < -0.39 is 23.8 Å². The zero-order valence-corrected chi connectivity index (χ0v) is 20.3. The van der Waals surface area contributed by atoms with Crippen molar-refractivity contribution >= 4 is 41.1 Å². The Bertz CT molecular complexity index is 1490. The molecule has 0 bridgehead atoms. The second kappa shape index (κ2) is 11.8. The third-order valence-electron chi connectivity index (χ3n) is 5.31. The number of hydrogen-bond acceptors (Lipinski definition) is 7. The van der Waals surface area contributed by atoms with Crippen LogP contribution >= 0.6 is 11.6 Å². The minimum absolute atomic E-state index is 0.0226. The molecule has 1 atom stereocenters. The Balaban J connectivity index is 1.53. The fourth-order valence-corrected chi connectivity index (χ4v) is 3.70. The van der Waals surface area contributed by atoms with E-state index in [-0.39, 0.29) is 12.0 Å². The maximum atomic E-state index is 13.1. The van der Waals surface area contributed by atoms with Gasteiger partial charge in [0.2, 0.25) is 11.8 Å². The van der Waals surface area contributed by atoms with Crippen LogP contribution in [-0.4, -0.2) is 49.1 Å². The molecular weight excluding hydrogens is 514 g/mol. The maximum Gasteiger partial charge on any atom is 0.335 e. The largest absolute Gasteiger partial charge is 0.619 e. The van der Waals surface area contributed by atoms with E-state index in [1.54, 1.807) is 24.3 Å². The fraction of sp³-hybridized carbons (Fsp3) is 0.0800. The molecule has 192 valence electrons. The van der Waals surface area contributed by atoms with Gasteiger partial charge in [0.1, 0.15) is 12.4 Å². The zero-order valence-electron chi connectivity index (χ0n) is 19.6. The van der Waals surface area contributed by atoms with Crippen LogP contribution in [0.15, 0.2) is 79.4 Å². The van der Waals surface area contributed by atoms with Crippen molar-refractivity contribution < 1.29 is 24.2 Å². The molecule has 12 nitrogen and oxygen atoms in total. The average molecular weight is 534 g/mol. The Hall–Kier alpha value is -5.10. The van der Waals surface area contributed by atoms with Crippen molar-refractivity contribution in [2.45, 2.75) is 12.5 Å². The molecule has 4 rings (SSSR count). The van der Waals surface area contributed by atoms with Crippen LogP contribution in [0.5, 0.6) is 0 Å². The number of amides is 2. The van der Waals surface area contributed by atoms with Crippen molar-refractivity contribution in [2.75, 3.05) is 5.32 Å². The molecule has 2 aromatic heterocycles. The van der Waals surface area contributed by atoms with Gasteiger partial charge in [-0.05, 0) is 65.0 Å². The molecule has 0 saturated heterocycles. The minimum atomic E-state index is -1.10. The van der Waals surface area contributed by atoms with Gasteiger partial charge in [0.05, 0.1) is 11.3 Å². The van der Waals surface area contributed by atoms with Gasteiger partial charge in [0, 0.05) is 40.4 Å². The van der Waals surface area contributed by atoms with Crippen LogP contribution < -0.4 is 15.4 Å². The van der Waals surface area contributed by atoms with Crippen molar-refractivity contribution in [3.63, 3.8) is 0 Å². The molecule has 0 aliphatic heterocycles. The lowest BCUT2D eigenvalue weighted by Gasteiger charge is -2.18. The predicted octanol–water partition coefficient (Wildman–Crippen LogP) is 2.03. The van der Waals surface area contributed by atoms with Gasteiger partial charge in [0.15, 0.2) is 12.4 Å². The van der Waals surface area contributed by atoms with Gasteiger partial charge in [-0.2, -0.15) is 9.41 Å². The van der Waals surface area contributed by atoms with E-state index in [0.29, 0.717) is 32.3 Å². The summed E-state index contributed by atoms with van der Waals surface area (Å²) in [4.78, 5) is 37.0. The molecule has 2 heterocycles. The SMILES string of the molecule is O=C(/C=C/c1cc(Cl)ccc1-n1cnnn1)N[C@@H](Cc1ccc[n+]([O-])c1)C(=O)Nc1ccc(C(=O)O)cc1. The Kier molecular flexibility index (Phi) is 8.04. The van der Waals surface area contributed by atoms with Gasteiger partial charge in [-0.25, -0.2) is 4.79 Å². The molecule has 0 fully saturated rings. The monoisotopic (exact) mass is 533 g/mol. The van der Waals surface area contributed by atoms with E-state index in [4.69, 9.17) is 16.7 Å². The summed E-state index contributed by atoms with van der Waals surface area (Å²) in [6, 6.07) is 12.7. The van der Waals surface area contributed by atoms with Gasteiger partial charge in [-0.1, -0.05) is 11.6 Å². The third kappa shape index (κ3) is 6.77. The lowest BCUT2D eigenvalue weighted by Crippen LogP contribution is -2.45. The smallest absolute Gasteiger partial charge is 0.335 e. The number of benzene rings is 2. The summed E-state index contributed by atoms with van der Waals surface area (Å²) in [5.41, 5.74) is 2.04. The molecule has 0 aliphatic carbocycles. The molecule has 0 radical (unpaired) electrons. The normalized spacial score (nSPS) is 11.7. The Morgan fingerprint density at radius 1 is 1.16 bits per heavy atom. The zero-order chi connectivity index (χ0) is 27.1. The first-order valence-corrected chi connectivity index (χ1v) is 11.5.